The minimum atomic E-state index is 0. The molecule has 3 N–H and O–H groups in total. The van der Waals surface area contributed by atoms with Gasteiger partial charge in [-0.15, -0.1) is 24.0 Å². The van der Waals surface area contributed by atoms with Crippen LogP contribution in [-0.4, -0.2) is 17.5 Å². The highest BCUT2D eigenvalue weighted by atomic mass is 127. The molecule has 0 radical (unpaired) electrons. The van der Waals surface area contributed by atoms with Crippen molar-refractivity contribution in [1.82, 2.24) is 10.3 Å². The first kappa shape index (κ1) is 18.1. The van der Waals surface area contributed by atoms with Crippen molar-refractivity contribution < 1.29 is 0 Å². The van der Waals surface area contributed by atoms with E-state index in [1.54, 1.807) is 6.20 Å². The molecule has 0 fully saturated rings. The molecule has 4 nitrogen and oxygen atoms in total. The Morgan fingerprint density at radius 1 is 1.37 bits per heavy atom. The molecular weight excluding hydrogens is 351 g/mol. The summed E-state index contributed by atoms with van der Waals surface area (Å²) < 4.78 is 0. The lowest BCUT2D eigenvalue weighted by molar-refractivity contribution is 0.652. The number of rotatable bonds is 7. The monoisotopic (exact) mass is 376 g/mol. The predicted octanol–water partition coefficient (Wildman–Crippen LogP) is 2.99. The third-order valence-corrected chi connectivity index (χ3v) is 2.85. The average molecular weight is 376 g/mol. The second-order valence-corrected chi connectivity index (χ2v) is 4.46. The smallest absolute Gasteiger partial charge is 0.188 e. The molecule has 0 unspecified atom stereocenters. The molecule has 5 heteroatoms. The van der Waals surface area contributed by atoms with Crippen molar-refractivity contribution in [3.63, 3.8) is 0 Å². The third-order valence-electron chi connectivity index (χ3n) is 2.85. The fourth-order valence-corrected chi connectivity index (χ4v) is 1.67. The van der Waals surface area contributed by atoms with E-state index in [1.807, 2.05) is 19.1 Å². The van der Waals surface area contributed by atoms with Crippen LogP contribution in [0.25, 0.3) is 0 Å². The maximum absolute atomic E-state index is 5.80. The van der Waals surface area contributed by atoms with Gasteiger partial charge in [0.2, 0.25) is 0 Å². The standard InChI is InChI=1S/C14H24N4.HI/c1-3-4-5-6-9-17-14(15)18-11-13-12(2)8-7-10-16-13;/h7-8,10H,3-6,9,11H2,1-2H3,(H3,15,17,18);1H. The summed E-state index contributed by atoms with van der Waals surface area (Å²) in [7, 11) is 0. The van der Waals surface area contributed by atoms with Crippen LogP contribution >= 0.6 is 24.0 Å². The molecule has 19 heavy (non-hydrogen) atoms. The van der Waals surface area contributed by atoms with Crippen molar-refractivity contribution in [2.45, 2.75) is 46.1 Å². The lowest BCUT2D eigenvalue weighted by Crippen LogP contribution is -2.32. The van der Waals surface area contributed by atoms with E-state index in [0.717, 1.165) is 24.2 Å². The molecule has 0 aromatic carbocycles. The number of aliphatic imine (C=N–C) groups is 1. The molecule has 0 saturated heterocycles. The highest BCUT2D eigenvalue weighted by Crippen LogP contribution is 2.04. The fraction of sp³-hybridized carbons (Fsp3) is 0.571. The summed E-state index contributed by atoms with van der Waals surface area (Å²) in [6.07, 6.45) is 6.71. The zero-order valence-corrected chi connectivity index (χ0v) is 14.2. The quantitative estimate of drug-likeness (QED) is 0.333. The number of guanidine groups is 1. The number of halogens is 1. The average Bonchev–Trinajstić information content (AvgIpc) is 2.37. The van der Waals surface area contributed by atoms with Crippen molar-refractivity contribution in [2.75, 3.05) is 6.54 Å². The molecule has 0 atom stereocenters. The highest BCUT2D eigenvalue weighted by Gasteiger charge is 1.97. The van der Waals surface area contributed by atoms with Crippen molar-refractivity contribution in [2.24, 2.45) is 10.7 Å². The van der Waals surface area contributed by atoms with Gasteiger partial charge >= 0.3 is 0 Å². The Hall–Kier alpha value is -0.850. The lowest BCUT2D eigenvalue weighted by Gasteiger charge is -2.06. The molecule has 0 aliphatic heterocycles. The summed E-state index contributed by atoms with van der Waals surface area (Å²) in [6.45, 7) is 5.68. The second-order valence-electron chi connectivity index (χ2n) is 4.46. The molecule has 1 aromatic rings. The Balaban J connectivity index is 0.00000324. The molecule has 0 spiro atoms. The van der Waals surface area contributed by atoms with Gasteiger partial charge in [-0.2, -0.15) is 0 Å². The summed E-state index contributed by atoms with van der Waals surface area (Å²) in [5, 5.41) is 3.13. The van der Waals surface area contributed by atoms with E-state index >= 15 is 0 Å². The highest BCUT2D eigenvalue weighted by molar-refractivity contribution is 14.0. The molecule has 0 amide bonds. The van der Waals surface area contributed by atoms with E-state index in [0.29, 0.717) is 12.5 Å². The number of nitrogens with two attached hydrogens (primary N) is 1. The minimum Gasteiger partial charge on any atom is -0.370 e. The Labute approximate surface area is 133 Å². The Morgan fingerprint density at radius 2 is 2.16 bits per heavy atom. The normalized spacial score (nSPS) is 10.9. The van der Waals surface area contributed by atoms with Gasteiger partial charge in [0.1, 0.15) is 0 Å². The molecule has 0 aliphatic carbocycles. The van der Waals surface area contributed by atoms with Crippen LogP contribution in [0.1, 0.15) is 43.9 Å². The van der Waals surface area contributed by atoms with E-state index in [1.165, 1.54) is 19.3 Å². The van der Waals surface area contributed by atoms with Gasteiger partial charge in [-0.1, -0.05) is 32.3 Å². The van der Waals surface area contributed by atoms with Crippen molar-refractivity contribution >= 4 is 29.9 Å². The van der Waals surface area contributed by atoms with Crippen molar-refractivity contribution in [3.05, 3.63) is 29.6 Å². The number of nitrogens with zero attached hydrogens (tertiary/aromatic N) is 2. The van der Waals surface area contributed by atoms with E-state index in [4.69, 9.17) is 5.73 Å². The van der Waals surface area contributed by atoms with Crippen LogP contribution in [-0.2, 0) is 6.54 Å². The lowest BCUT2D eigenvalue weighted by atomic mass is 10.2. The number of hydrogen-bond donors (Lipinski definition) is 2. The van der Waals surface area contributed by atoms with E-state index < -0.39 is 0 Å². The van der Waals surface area contributed by atoms with Crippen LogP contribution in [0.5, 0.6) is 0 Å². The number of pyridine rings is 1. The van der Waals surface area contributed by atoms with Crippen LogP contribution in [0.2, 0.25) is 0 Å². The van der Waals surface area contributed by atoms with Crippen LogP contribution in [0.4, 0.5) is 0 Å². The first-order valence-corrected chi connectivity index (χ1v) is 6.68. The second kappa shape index (κ2) is 11.0. The summed E-state index contributed by atoms with van der Waals surface area (Å²) in [4.78, 5) is 8.57. The van der Waals surface area contributed by atoms with Gasteiger partial charge in [-0.25, -0.2) is 4.99 Å². The molecule has 1 aromatic heterocycles. The van der Waals surface area contributed by atoms with Gasteiger partial charge in [0, 0.05) is 12.7 Å². The number of unbranched alkanes of at least 4 members (excludes halogenated alkanes) is 3. The molecule has 1 heterocycles. The van der Waals surface area contributed by atoms with Gasteiger partial charge < -0.3 is 11.1 Å². The predicted molar refractivity (Wildman–Crippen MR) is 91.9 cm³/mol. The number of hydrogen-bond acceptors (Lipinski definition) is 2. The van der Waals surface area contributed by atoms with E-state index in [2.05, 4.69) is 22.2 Å². The number of aryl methyl sites for hydroxylation is 1. The van der Waals surface area contributed by atoms with Gasteiger partial charge in [0.05, 0.1) is 12.2 Å². The zero-order chi connectivity index (χ0) is 13.2. The molecule has 0 saturated carbocycles. The summed E-state index contributed by atoms with van der Waals surface area (Å²) in [5.41, 5.74) is 7.93. The third kappa shape index (κ3) is 8.02. The van der Waals surface area contributed by atoms with Gasteiger partial charge in [0.15, 0.2) is 5.96 Å². The zero-order valence-electron chi connectivity index (χ0n) is 11.9. The first-order chi connectivity index (χ1) is 8.74. The molecular formula is C14H25IN4. The Kier molecular flexibility index (Phi) is 10.5. The first-order valence-electron chi connectivity index (χ1n) is 6.68. The van der Waals surface area contributed by atoms with Crippen molar-refractivity contribution in [3.8, 4) is 0 Å². The molecule has 0 bridgehead atoms. The largest absolute Gasteiger partial charge is 0.370 e. The number of aromatic nitrogens is 1. The maximum Gasteiger partial charge on any atom is 0.188 e. The molecule has 108 valence electrons. The van der Waals surface area contributed by atoms with Gasteiger partial charge in [-0.05, 0) is 25.0 Å². The van der Waals surface area contributed by atoms with Crippen molar-refractivity contribution in [1.29, 1.82) is 0 Å². The van der Waals surface area contributed by atoms with Gasteiger partial charge in [-0.3, -0.25) is 4.98 Å². The Morgan fingerprint density at radius 3 is 2.84 bits per heavy atom. The summed E-state index contributed by atoms with van der Waals surface area (Å²) in [6, 6.07) is 3.96. The van der Waals surface area contributed by atoms with Crippen LogP contribution in [0.15, 0.2) is 23.3 Å². The minimum absolute atomic E-state index is 0. The molecule has 0 aliphatic rings. The Bertz CT molecular complexity index is 379. The van der Waals surface area contributed by atoms with Crippen LogP contribution in [0, 0.1) is 6.92 Å². The topological polar surface area (TPSA) is 63.3 Å². The maximum atomic E-state index is 5.80. The van der Waals surface area contributed by atoms with Crippen LogP contribution < -0.4 is 11.1 Å². The van der Waals surface area contributed by atoms with Gasteiger partial charge in [0.25, 0.3) is 0 Å². The summed E-state index contributed by atoms with van der Waals surface area (Å²) >= 11 is 0. The fourth-order valence-electron chi connectivity index (χ4n) is 1.67. The van der Waals surface area contributed by atoms with E-state index in [9.17, 15) is 0 Å². The number of nitrogens with one attached hydrogen (secondary N) is 1. The van der Waals surface area contributed by atoms with E-state index in [-0.39, 0.29) is 24.0 Å². The summed E-state index contributed by atoms with van der Waals surface area (Å²) in [5.74, 6) is 0.511. The molecule has 1 rings (SSSR count). The van der Waals surface area contributed by atoms with Crippen LogP contribution in [0.3, 0.4) is 0 Å². The SMILES string of the molecule is CCCCCCNC(N)=NCc1ncccc1C.I.